The highest BCUT2D eigenvalue weighted by atomic mass is 32.2. The lowest BCUT2D eigenvalue weighted by Crippen LogP contribution is -2.07. The van der Waals surface area contributed by atoms with E-state index in [4.69, 9.17) is 4.74 Å². The lowest BCUT2D eigenvalue weighted by Gasteiger charge is -2.02. The number of thiol groups is 1. The second-order valence-corrected chi connectivity index (χ2v) is 5.80. The van der Waals surface area contributed by atoms with Crippen LogP contribution in [0.3, 0.4) is 0 Å². The maximum absolute atomic E-state index is 10.9. The Labute approximate surface area is 147 Å². The summed E-state index contributed by atoms with van der Waals surface area (Å²) < 4.78 is 48.4. The summed E-state index contributed by atoms with van der Waals surface area (Å²) in [4.78, 5) is 10.9. The normalized spacial score (nSPS) is 10.4. The zero-order valence-electron chi connectivity index (χ0n) is 13.4. The molecule has 25 heavy (non-hydrogen) atoms. The molecule has 0 N–H and O–H groups in total. The number of halogens is 4. The lowest BCUT2D eigenvalue weighted by atomic mass is 10.2. The van der Waals surface area contributed by atoms with Crippen LogP contribution in [0.2, 0.25) is 0 Å². The largest absolute Gasteiger partial charge is 0.673 e. The van der Waals surface area contributed by atoms with Gasteiger partial charge in [0.1, 0.15) is 17.3 Å². The molecule has 0 aliphatic rings. The van der Waals surface area contributed by atoms with Crippen molar-refractivity contribution in [3.63, 3.8) is 0 Å². The van der Waals surface area contributed by atoms with E-state index in [1.165, 1.54) is 30.0 Å². The van der Waals surface area contributed by atoms with Gasteiger partial charge in [-0.05, 0) is 23.9 Å². The Balaban J connectivity index is 0.000000550. The predicted octanol–water partition coefficient (Wildman–Crippen LogP) is 4.65. The van der Waals surface area contributed by atoms with Crippen molar-refractivity contribution < 1.29 is 31.5 Å². The van der Waals surface area contributed by atoms with Crippen molar-refractivity contribution in [2.45, 2.75) is 11.5 Å². The van der Waals surface area contributed by atoms with E-state index < -0.39 is 13.4 Å². The van der Waals surface area contributed by atoms with Crippen LogP contribution in [0.5, 0.6) is 5.75 Å². The topological polar surface area (TPSA) is 35.5 Å². The van der Waals surface area contributed by atoms with Crippen LogP contribution >= 0.6 is 0 Å². The van der Waals surface area contributed by atoms with Gasteiger partial charge in [-0.1, -0.05) is 42.5 Å². The summed E-state index contributed by atoms with van der Waals surface area (Å²) in [5.41, 5.74) is 2.57. The fourth-order valence-corrected chi connectivity index (χ4v) is 2.75. The number of ether oxygens (including phenoxy) is 2. The molecule has 0 aliphatic heterocycles. The van der Waals surface area contributed by atoms with Crippen molar-refractivity contribution >= 4 is 25.2 Å². The minimum Gasteiger partial charge on any atom is -0.437 e. The third-order valence-corrected chi connectivity index (χ3v) is 3.90. The van der Waals surface area contributed by atoms with Crippen LogP contribution in [0.1, 0.15) is 11.1 Å². The zero-order valence-corrected chi connectivity index (χ0v) is 14.3. The highest BCUT2D eigenvalue weighted by Gasteiger charge is 2.20. The van der Waals surface area contributed by atoms with Crippen LogP contribution in [-0.4, -0.2) is 20.5 Å². The first-order chi connectivity index (χ1) is 11.8. The van der Waals surface area contributed by atoms with Crippen molar-refractivity contribution in [2.75, 3.05) is 7.11 Å². The molecule has 0 heterocycles. The van der Waals surface area contributed by atoms with Gasteiger partial charge in [-0.2, -0.15) is 0 Å². The molecular weight excluding hydrogens is 359 g/mol. The molecule has 0 amide bonds. The van der Waals surface area contributed by atoms with Gasteiger partial charge in [-0.15, -0.1) is 0 Å². The molecule has 9 heteroatoms. The summed E-state index contributed by atoms with van der Waals surface area (Å²) in [5.74, 6) is 2.52. The number of hydrogen-bond acceptors (Lipinski definition) is 3. The Morgan fingerprint density at radius 3 is 1.88 bits per heavy atom. The maximum Gasteiger partial charge on any atom is 0.673 e. The van der Waals surface area contributed by atoms with Crippen molar-refractivity contribution in [2.24, 2.45) is 0 Å². The molecule has 0 radical (unpaired) electrons. The minimum absolute atomic E-state index is 0.500. The molecule has 0 fully saturated rings. The first-order valence-electron chi connectivity index (χ1n) is 7.17. The molecule has 0 saturated heterocycles. The van der Waals surface area contributed by atoms with Crippen molar-refractivity contribution in [1.29, 1.82) is 0 Å². The van der Waals surface area contributed by atoms with E-state index in [-0.39, 0.29) is 0 Å². The molecule has 0 aromatic heterocycles. The van der Waals surface area contributed by atoms with Crippen LogP contribution in [-0.2, 0) is 28.0 Å². The molecule has 0 saturated carbocycles. The monoisotopic (exact) mass is 376 g/mol. The summed E-state index contributed by atoms with van der Waals surface area (Å²) in [6.07, 6.45) is -0.694. The fourth-order valence-electron chi connectivity index (χ4n) is 1.70. The van der Waals surface area contributed by atoms with Crippen molar-refractivity contribution in [1.82, 2.24) is 0 Å². The maximum atomic E-state index is 10.9. The smallest absolute Gasteiger partial charge is 0.437 e. The Kier molecular flexibility index (Phi) is 8.90. The molecule has 0 bridgehead atoms. The summed E-state index contributed by atoms with van der Waals surface area (Å²) in [7, 11) is -4.71. The molecule has 3 nitrogen and oxygen atoms in total. The number of rotatable bonds is 5. The molecular formula is C16H17BF4O3S. The van der Waals surface area contributed by atoms with E-state index in [1.54, 1.807) is 12.1 Å². The van der Waals surface area contributed by atoms with Gasteiger partial charge in [-0.3, -0.25) is 0 Å². The SMILES string of the molecule is COC(=O)Oc1ccc(C[SH+]Cc2ccccc2)cc1.F[B-](F)(F)F. The van der Waals surface area contributed by atoms with E-state index in [0.29, 0.717) is 5.75 Å². The number of benzene rings is 2. The quantitative estimate of drug-likeness (QED) is 0.190. The highest BCUT2D eigenvalue weighted by Crippen LogP contribution is 2.14. The minimum atomic E-state index is -6.00. The summed E-state index contributed by atoms with van der Waals surface area (Å²) in [5, 5.41) is 0. The number of carbonyl (C=O) groups is 1. The van der Waals surface area contributed by atoms with Gasteiger partial charge in [0.25, 0.3) is 0 Å². The molecule has 136 valence electrons. The summed E-state index contributed by atoms with van der Waals surface area (Å²) >= 11 is 1.35. The van der Waals surface area contributed by atoms with Crippen molar-refractivity contribution in [3.8, 4) is 5.75 Å². The van der Waals surface area contributed by atoms with Crippen LogP contribution in [0.15, 0.2) is 54.6 Å². The highest BCUT2D eigenvalue weighted by molar-refractivity contribution is 7.76. The first-order valence-corrected chi connectivity index (χ1v) is 8.43. The van der Waals surface area contributed by atoms with E-state index in [2.05, 4.69) is 29.0 Å². The molecule has 0 spiro atoms. The molecule has 2 rings (SSSR count). The van der Waals surface area contributed by atoms with Gasteiger partial charge >= 0.3 is 13.4 Å². The third kappa shape index (κ3) is 11.1. The van der Waals surface area contributed by atoms with Crippen molar-refractivity contribution in [3.05, 3.63) is 65.7 Å². The summed E-state index contributed by atoms with van der Waals surface area (Å²) in [6.45, 7) is 0. The van der Waals surface area contributed by atoms with Gasteiger partial charge in [0, 0.05) is 11.1 Å². The van der Waals surface area contributed by atoms with Gasteiger partial charge in [0.05, 0.1) is 7.11 Å². The number of carbonyl (C=O) groups excluding carboxylic acids is 1. The predicted molar refractivity (Wildman–Crippen MR) is 92.3 cm³/mol. The van der Waals surface area contributed by atoms with Crippen LogP contribution in [0, 0.1) is 0 Å². The third-order valence-electron chi connectivity index (χ3n) is 2.72. The molecule has 2 aromatic rings. The Hall–Kier alpha value is -2.16. The number of hydrogen-bond donors (Lipinski definition) is 0. The van der Waals surface area contributed by atoms with Crippen LogP contribution < -0.4 is 4.74 Å². The van der Waals surface area contributed by atoms with Crippen LogP contribution in [0.4, 0.5) is 22.1 Å². The Morgan fingerprint density at radius 2 is 1.40 bits per heavy atom. The first kappa shape index (κ1) is 20.9. The standard InChI is InChI=1S/C16H16O3S.BF4/c1-18-16(17)19-15-9-7-14(8-10-15)12-20-11-13-5-3-2-4-6-13;2-1(3,4)5/h2-10H,11-12H2,1H3;/q;-1/p+1. The lowest BCUT2D eigenvalue weighted by molar-refractivity contribution is 0.121. The second kappa shape index (κ2) is 10.7. The van der Waals surface area contributed by atoms with E-state index in [0.717, 1.165) is 11.5 Å². The fraction of sp³-hybridized carbons (Fsp3) is 0.188. The Bertz CT molecular complexity index is 630. The number of methoxy groups -OCH3 is 1. The second-order valence-electron chi connectivity index (χ2n) is 4.72. The van der Waals surface area contributed by atoms with E-state index in [1.807, 2.05) is 18.2 Å². The van der Waals surface area contributed by atoms with E-state index in [9.17, 15) is 22.1 Å². The van der Waals surface area contributed by atoms with Crippen LogP contribution in [0.25, 0.3) is 0 Å². The molecule has 2 aromatic carbocycles. The zero-order chi connectivity index (χ0) is 18.7. The average molecular weight is 376 g/mol. The van der Waals surface area contributed by atoms with Gasteiger partial charge < -0.3 is 26.7 Å². The van der Waals surface area contributed by atoms with Gasteiger partial charge in [-0.25, -0.2) is 4.79 Å². The van der Waals surface area contributed by atoms with Gasteiger partial charge in [0.15, 0.2) is 0 Å². The summed E-state index contributed by atoms with van der Waals surface area (Å²) in [6, 6.07) is 17.9. The molecule has 0 atom stereocenters. The van der Waals surface area contributed by atoms with E-state index >= 15 is 0 Å². The van der Waals surface area contributed by atoms with Gasteiger partial charge in [0.2, 0.25) is 0 Å². The Morgan fingerprint density at radius 1 is 0.920 bits per heavy atom. The average Bonchev–Trinajstić information content (AvgIpc) is 2.56. The molecule has 0 unspecified atom stereocenters. The molecule has 0 aliphatic carbocycles.